The lowest BCUT2D eigenvalue weighted by atomic mass is 9.97. The third-order valence-electron chi connectivity index (χ3n) is 4.02. The molecule has 1 fully saturated rings. The minimum atomic E-state index is -0.355. The maximum absolute atomic E-state index is 13.6. The van der Waals surface area contributed by atoms with Gasteiger partial charge in [0.25, 0.3) is 5.91 Å². The quantitative estimate of drug-likeness (QED) is 0.856. The summed E-state index contributed by atoms with van der Waals surface area (Å²) < 4.78 is 18.9. The summed E-state index contributed by atoms with van der Waals surface area (Å²) in [6, 6.07) is 4.60. The zero-order chi connectivity index (χ0) is 15.7. The third kappa shape index (κ3) is 2.86. The molecule has 0 N–H and O–H groups in total. The zero-order valence-electron chi connectivity index (χ0n) is 12.7. The van der Waals surface area contributed by atoms with Gasteiger partial charge < -0.3 is 9.42 Å². The largest absolute Gasteiger partial charge is 0.339 e. The van der Waals surface area contributed by atoms with Gasteiger partial charge >= 0.3 is 0 Å². The Morgan fingerprint density at radius 3 is 2.91 bits per heavy atom. The van der Waals surface area contributed by atoms with E-state index in [4.69, 9.17) is 4.52 Å². The van der Waals surface area contributed by atoms with E-state index in [2.05, 4.69) is 10.1 Å². The molecule has 6 heteroatoms. The fraction of sp³-hybridized carbons (Fsp3) is 0.438. The first-order chi connectivity index (χ1) is 10.5. The first-order valence-corrected chi connectivity index (χ1v) is 7.40. The highest BCUT2D eigenvalue weighted by Crippen LogP contribution is 2.26. The van der Waals surface area contributed by atoms with E-state index in [1.54, 1.807) is 30.9 Å². The van der Waals surface area contributed by atoms with E-state index >= 15 is 0 Å². The summed E-state index contributed by atoms with van der Waals surface area (Å²) in [5.41, 5.74) is 0.917. The number of nitrogens with zero attached hydrogens (tertiary/aromatic N) is 3. The van der Waals surface area contributed by atoms with Crippen LogP contribution in [0.15, 0.2) is 22.7 Å². The Morgan fingerprint density at radius 2 is 2.23 bits per heavy atom. The molecule has 1 aliphatic heterocycles. The third-order valence-corrected chi connectivity index (χ3v) is 4.02. The monoisotopic (exact) mass is 303 g/mol. The predicted octanol–water partition coefficient (Wildman–Crippen LogP) is 2.85. The van der Waals surface area contributed by atoms with Gasteiger partial charge in [0.1, 0.15) is 5.82 Å². The van der Waals surface area contributed by atoms with Crippen LogP contribution in [0.25, 0.3) is 0 Å². The number of carbonyl (C=O) groups excluding carboxylic acids is 1. The average Bonchev–Trinajstić information content (AvgIpc) is 2.96. The summed E-state index contributed by atoms with van der Waals surface area (Å²) in [4.78, 5) is 18.5. The molecule has 0 spiro atoms. The van der Waals surface area contributed by atoms with Gasteiger partial charge in [0.05, 0.1) is 5.92 Å². The molecule has 1 amide bonds. The molecule has 22 heavy (non-hydrogen) atoms. The van der Waals surface area contributed by atoms with E-state index < -0.39 is 0 Å². The number of hydrogen-bond donors (Lipinski definition) is 0. The summed E-state index contributed by atoms with van der Waals surface area (Å²) in [6.07, 6.45) is 1.78. The van der Waals surface area contributed by atoms with Gasteiger partial charge in [-0.15, -0.1) is 0 Å². The van der Waals surface area contributed by atoms with Crippen molar-refractivity contribution in [1.29, 1.82) is 0 Å². The van der Waals surface area contributed by atoms with Gasteiger partial charge in [0, 0.05) is 18.7 Å². The number of likely N-dealkylation sites (tertiary alicyclic amines) is 1. The molecule has 5 nitrogen and oxygen atoms in total. The number of carbonyl (C=O) groups is 1. The Labute approximate surface area is 128 Å². The van der Waals surface area contributed by atoms with Gasteiger partial charge in [0.15, 0.2) is 5.82 Å². The van der Waals surface area contributed by atoms with Crippen molar-refractivity contribution < 1.29 is 13.7 Å². The van der Waals surface area contributed by atoms with Crippen LogP contribution in [0.1, 0.15) is 46.4 Å². The van der Waals surface area contributed by atoms with Crippen LogP contribution >= 0.6 is 0 Å². The van der Waals surface area contributed by atoms with Gasteiger partial charge in [-0.25, -0.2) is 4.39 Å². The van der Waals surface area contributed by atoms with Gasteiger partial charge in [-0.1, -0.05) is 11.2 Å². The van der Waals surface area contributed by atoms with E-state index in [9.17, 15) is 9.18 Å². The first kappa shape index (κ1) is 14.7. The van der Waals surface area contributed by atoms with Crippen molar-refractivity contribution in [2.24, 2.45) is 0 Å². The number of hydrogen-bond acceptors (Lipinski definition) is 4. The molecule has 0 bridgehead atoms. The van der Waals surface area contributed by atoms with E-state index in [-0.39, 0.29) is 17.6 Å². The smallest absolute Gasteiger partial charge is 0.253 e. The van der Waals surface area contributed by atoms with Crippen LogP contribution in [0.3, 0.4) is 0 Å². The van der Waals surface area contributed by atoms with Crippen molar-refractivity contribution in [2.75, 3.05) is 13.1 Å². The number of aryl methyl sites for hydroxylation is 2. The SMILES string of the molecule is Cc1noc(C2CCCN(C(=O)c3ccc(C)c(F)c3)C2)n1. The van der Waals surface area contributed by atoms with E-state index in [1.165, 1.54) is 6.07 Å². The van der Waals surface area contributed by atoms with Crippen molar-refractivity contribution in [3.63, 3.8) is 0 Å². The lowest BCUT2D eigenvalue weighted by molar-refractivity contribution is 0.0695. The Balaban J connectivity index is 1.76. The number of piperidine rings is 1. The fourth-order valence-corrected chi connectivity index (χ4v) is 2.75. The number of aromatic nitrogens is 2. The van der Waals surface area contributed by atoms with Gasteiger partial charge in [-0.2, -0.15) is 4.98 Å². The highest BCUT2D eigenvalue weighted by Gasteiger charge is 2.29. The molecule has 2 heterocycles. The molecule has 0 saturated carbocycles. The number of halogens is 1. The van der Waals surface area contributed by atoms with Crippen LogP contribution in [0.2, 0.25) is 0 Å². The predicted molar refractivity (Wildman–Crippen MR) is 78.1 cm³/mol. The van der Waals surface area contributed by atoms with Crippen LogP contribution in [-0.2, 0) is 0 Å². The molecule has 0 radical (unpaired) electrons. The molecule has 1 saturated heterocycles. The van der Waals surface area contributed by atoms with Gasteiger partial charge in [-0.05, 0) is 44.4 Å². The minimum absolute atomic E-state index is 0.0502. The maximum atomic E-state index is 13.6. The Kier molecular flexibility index (Phi) is 3.92. The fourth-order valence-electron chi connectivity index (χ4n) is 2.75. The molecule has 1 aliphatic rings. The summed E-state index contributed by atoms with van der Waals surface area (Å²) in [5.74, 6) is 0.713. The number of rotatable bonds is 2. The second-order valence-electron chi connectivity index (χ2n) is 5.73. The Bertz CT molecular complexity index is 698. The molecule has 1 aromatic heterocycles. The van der Waals surface area contributed by atoms with Crippen LogP contribution in [0, 0.1) is 19.7 Å². The van der Waals surface area contributed by atoms with Gasteiger partial charge in [0.2, 0.25) is 5.89 Å². The second-order valence-corrected chi connectivity index (χ2v) is 5.73. The maximum Gasteiger partial charge on any atom is 0.253 e. The molecular weight excluding hydrogens is 285 g/mol. The van der Waals surface area contributed by atoms with Crippen molar-refractivity contribution >= 4 is 5.91 Å². The lowest BCUT2D eigenvalue weighted by Gasteiger charge is -2.31. The normalized spacial score (nSPS) is 18.5. The molecule has 116 valence electrons. The van der Waals surface area contributed by atoms with Crippen LogP contribution < -0.4 is 0 Å². The van der Waals surface area contributed by atoms with Crippen molar-refractivity contribution in [3.8, 4) is 0 Å². The van der Waals surface area contributed by atoms with E-state index in [0.29, 0.717) is 35.9 Å². The van der Waals surface area contributed by atoms with Crippen molar-refractivity contribution in [1.82, 2.24) is 15.0 Å². The number of benzene rings is 1. The Hall–Kier alpha value is -2.24. The molecule has 1 atom stereocenters. The second kappa shape index (κ2) is 5.87. The first-order valence-electron chi connectivity index (χ1n) is 7.40. The highest BCUT2D eigenvalue weighted by atomic mass is 19.1. The summed E-state index contributed by atoms with van der Waals surface area (Å²) in [5, 5.41) is 3.80. The van der Waals surface area contributed by atoms with Crippen LogP contribution in [-0.4, -0.2) is 34.0 Å². The van der Waals surface area contributed by atoms with E-state index in [1.807, 2.05) is 0 Å². The van der Waals surface area contributed by atoms with Gasteiger partial charge in [-0.3, -0.25) is 4.79 Å². The summed E-state index contributed by atoms with van der Waals surface area (Å²) in [7, 11) is 0. The highest BCUT2D eigenvalue weighted by molar-refractivity contribution is 5.94. The molecular formula is C16H18FN3O2. The summed E-state index contributed by atoms with van der Waals surface area (Å²) >= 11 is 0. The van der Waals surface area contributed by atoms with Crippen molar-refractivity contribution in [3.05, 3.63) is 46.9 Å². The Morgan fingerprint density at radius 1 is 1.41 bits per heavy atom. The van der Waals surface area contributed by atoms with E-state index in [0.717, 1.165) is 12.8 Å². The van der Waals surface area contributed by atoms with Crippen LogP contribution in [0.5, 0.6) is 0 Å². The molecule has 2 aromatic rings. The number of amides is 1. The molecule has 3 rings (SSSR count). The van der Waals surface area contributed by atoms with Crippen LogP contribution in [0.4, 0.5) is 4.39 Å². The van der Waals surface area contributed by atoms with Crippen molar-refractivity contribution in [2.45, 2.75) is 32.6 Å². The topological polar surface area (TPSA) is 59.2 Å². The standard InChI is InChI=1S/C16H18FN3O2/c1-10-5-6-12(8-14(10)17)16(21)20-7-3-4-13(9-20)15-18-11(2)19-22-15/h5-6,8,13H,3-4,7,9H2,1-2H3. The molecule has 0 aliphatic carbocycles. The molecule has 1 unspecified atom stereocenters. The minimum Gasteiger partial charge on any atom is -0.339 e. The lowest BCUT2D eigenvalue weighted by Crippen LogP contribution is -2.39. The zero-order valence-corrected chi connectivity index (χ0v) is 12.7. The summed E-state index contributed by atoms with van der Waals surface area (Å²) in [6.45, 7) is 4.64. The molecule has 1 aromatic carbocycles. The average molecular weight is 303 g/mol.